The summed E-state index contributed by atoms with van der Waals surface area (Å²) in [5.41, 5.74) is 2.67. The molecule has 6 heteroatoms. The second-order valence-corrected chi connectivity index (χ2v) is 7.07. The summed E-state index contributed by atoms with van der Waals surface area (Å²) in [4.78, 5) is 15.3. The number of rotatable bonds is 6. The maximum Gasteiger partial charge on any atom is 0.200 e. The van der Waals surface area contributed by atoms with E-state index in [0.29, 0.717) is 23.1 Å². The minimum Gasteiger partial charge on any atom is -0.497 e. The number of fused-ring (bicyclic) bond motifs is 1. The number of methoxy groups -OCH3 is 1. The highest BCUT2D eigenvalue weighted by molar-refractivity contribution is 5.85. The number of aryl methyl sites for hydroxylation is 1. The fourth-order valence-electron chi connectivity index (χ4n) is 3.56. The SMILES string of the molecule is COc1ccc(-c2coc3c(C)c(OCCN4CCOCC4)ccc3c2=O)cc1. The Hall–Kier alpha value is -2.83. The first-order valence-corrected chi connectivity index (χ1v) is 9.80. The smallest absolute Gasteiger partial charge is 0.200 e. The molecule has 0 radical (unpaired) electrons. The van der Waals surface area contributed by atoms with Gasteiger partial charge < -0.3 is 18.6 Å². The van der Waals surface area contributed by atoms with Gasteiger partial charge in [-0.3, -0.25) is 9.69 Å². The average Bonchev–Trinajstić information content (AvgIpc) is 2.77. The zero-order valence-electron chi connectivity index (χ0n) is 16.8. The predicted octanol–water partition coefficient (Wildman–Crippen LogP) is 3.49. The van der Waals surface area contributed by atoms with E-state index in [9.17, 15) is 4.79 Å². The summed E-state index contributed by atoms with van der Waals surface area (Å²) in [6, 6.07) is 11.0. The van der Waals surface area contributed by atoms with Crippen LogP contribution in [0.1, 0.15) is 5.56 Å². The van der Waals surface area contributed by atoms with Crippen LogP contribution in [0.3, 0.4) is 0 Å². The summed E-state index contributed by atoms with van der Waals surface area (Å²) in [5, 5.41) is 0.552. The molecule has 0 amide bonds. The summed E-state index contributed by atoms with van der Waals surface area (Å²) < 4.78 is 22.4. The Morgan fingerprint density at radius 2 is 1.83 bits per heavy atom. The summed E-state index contributed by atoms with van der Waals surface area (Å²) in [6.07, 6.45) is 1.52. The quantitative estimate of drug-likeness (QED) is 0.637. The van der Waals surface area contributed by atoms with E-state index in [2.05, 4.69) is 4.90 Å². The van der Waals surface area contributed by atoms with Crippen molar-refractivity contribution >= 4 is 11.0 Å². The Labute approximate surface area is 169 Å². The van der Waals surface area contributed by atoms with E-state index >= 15 is 0 Å². The van der Waals surface area contributed by atoms with Crippen LogP contribution < -0.4 is 14.9 Å². The third-order valence-electron chi connectivity index (χ3n) is 5.31. The van der Waals surface area contributed by atoms with E-state index < -0.39 is 0 Å². The molecule has 1 aliphatic rings. The van der Waals surface area contributed by atoms with Gasteiger partial charge in [-0.25, -0.2) is 0 Å². The van der Waals surface area contributed by atoms with Crippen LogP contribution in [-0.4, -0.2) is 51.5 Å². The topological polar surface area (TPSA) is 61.1 Å². The largest absolute Gasteiger partial charge is 0.497 e. The molecule has 6 nitrogen and oxygen atoms in total. The monoisotopic (exact) mass is 395 g/mol. The number of hydrogen-bond acceptors (Lipinski definition) is 6. The van der Waals surface area contributed by atoms with Crippen LogP contribution in [-0.2, 0) is 4.74 Å². The molecule has 0 aliphatic carbocycles. The molecule has 0 spiro atoms. The molecule has 0 atom stereocenters. The van der Waals surface area contributed by atoms with Crippen LogP contribution in [0.5, 0.6) is 11.5 Å². The molecule has 2 aromatic carbocycles. The first-order chi connectivity index (χ1) is 14.2. The van der Waals surface area contributed by atoms with Crippen molar-refractivity contribution in [1.29, 1.82) is 0 Å². The Bertz CT molecular complexity index is 1040. The van der Waals surface area contributed by atoms with Crippen LogP contribution in [0.15, 0.2) is 51.9 Å². The predicted molar refractivity (Wildman–Crippen MR) is 112 cm³/mol. The third-order valence-corrected chi connectivity index (χ3v) is 5.31. The number of ether oxygens (including phenoxy) is 3. The minimum absolute atomic E-state index is 0.0561. The fourth-order valence-corrected chi connectivity index (χ4v) is 3.56. The van der Waals surface area contributed by atoms with Gasteiger partial charge in [0.15, 0.2) is 0 Å². The minimum atomic E-state index is -0.0561. The Kier molecular flexibility index (Phi) is 5.83. The molecule has 152 valence electrons. The van der Waals surface area contributed by atoms with E-state index in [4.69, 9.17) is 18.6 Å². The lowest BCUT2D eigenvalue weighted by Gasteiger charge is -2.26. The normalized spacial score (nSPS) is 14.8. The van der Waals surface area contributed by atoms with Gasteiger partial charge in [0.1, 0.15) is 30.0 Å². The molecule has 0 bridgehead atoms. The first kappa shape index (κ1) is 19.5. The summed E-state index contributed by atoms with van der Waals surface area (Å²) in [6.45, 7) is 6.77. The molecule has 2 heterocycles. The molecule has 1 aliphatic heterocycles. The number of benzene rings is 2. The molecule has 29 heavy (non-hydrogen) atoms. The second-order valence-electron chi connectivity index (χ2n) is 7.07. The lowest BCUT2D eigenvalue weighted by molar-refractivity contribution is 0.0322. The molecule has 0 N–H and O–H groups in total. The lowest BCUT2D eigenvalue weighted by atomic mass is 10.0. The van der Waals surface area contributed by atoms with Gasteiger partial charge in [0.25, 0.3) is 0 Å². The Morgan fingerprint density at radius 3 is 2.55 bits per heavy atom. The molecule has 0 saturated carbocycles. The fraction of sp³-hybridized carbons (Fsp3) is 0.348. The second kappa shape index (κ2) is 8.68. The van der Waals surface area contributed by atoms with Gasteiger partial charge in [0.2, 0.25) is 5.43 Å². The molecule has 1 aromatic heterocycles. The third kappa shape index (κ3) is 4.13. The van der Waals surface area contributed by atoms with Crippen molar-refractivity contribution in [3.05, 3.63) is 58.4 Å². The highest BCUT2D eigenvalue weighted by Crippen LogP contribution is 2.28. The zero-order valence-corrected chi connectivity index (χ0v) is 16.8. The van der Waals surface area contributed by atoms with Crippen LogP contribution in [0.25, 0.3) is 22.1 Å². The van der Waals surface area contributed by atoms with E-state index in [1.165, 1.54) is 6.26 Å². The van der Waals surface area contributed by atoms with Gasteiger partial charge in [-0.15, -0.1) is 0 Å². The van der Waals surface area contributed by atoms with Gasteiger partial charge in [0.05, 0.1) is 31.3 Å². The highest BCUT2D eigenvalue weighted by Gasteiger charge is 2.15. The molecule has 1 fully saturated rings. The van der Waals surface area contributed by atoms with E-state index in [-0.39, 0.29) is 5.43 Å². The molecule has 0 unspecified atom stereocenters. The van der Waals surface area contributed by atoms with E-state index in [0.717, 1.165) is 55.5 Å². The number of morpholine rings is 1. The van der Waals surface area contributed by atoms with Crippen molar-refractivity contribution in [2.75, 3.05) is 46.6 Å². The number of hydrogen-bond donors (Lipinski definition) is 0. The summed E-state index contributed by atoms with van der Waals surface area (Å²) in [7, 11) is 1.61. The average molecular weight is 395 g/mol. The summed E-state index contributed by atoms with van der Waals surface area (Å²) in [5.74, 6) is 1.49. The van der Waals surface area contributed by atoms with Crippen LogP contribution in [0.2, 0.25) is 0 Å². The molecule has 1 saturated heterocycles. The standard InChI is InChI=1S/C23H25NO5/c1-16-21(28-14-11-24-9-12-27-13-10-24)8-7-19-22(25)20(15-29-23(16)19)17-3-5-18(26-2)6-4-17/h3-8,15H,9-14H2,1-2H3. The van der Waals surface area contributed by atoms with Crippen molar-refractivity contribution in [1.82, 2.24) is 4.90 Å². The van der Waals surface area contributed by atoms with Crippen molar-refractivity contribution in [2.24, 2.45) is 0 Å². The van der Waals surface area contributed by atoms with Gasteiger partial charge in [-0.2, -0.15) is 0 Å². The van der Waals surface area contributed by atoms with Gasteiger partial charge in [0, 0.05) is 25.2 Å². The van der Waals surface area contributed by atoms with Crippen LogP contribution >= 0.6 is 0 Å². The van der Waals surface area contributed by atoms with Crippen molar-refractivity contribution in [3.8, 4) is 22.6 Å². The maximum absolute atomic E-state index is 13.0. The molecule has 4 rings (SSSR count). The Morgan fingerprint density at radius 1 is 1.07 bits per heavy atom. The van der Waals surface area contributed by atoms with Gasteiger partial charge in [-0.05, 0) is 36.8 Å². The summed E-state index contributed by atoms with van der Waals surface area (Å²) >= 11 is 0. The molecular formula is C23H25NO5. The van der Waals surface area contributed by atoms with Crippen molar-refractivity contribution < 1.29 is 18.6 Å². The van der Waals surface area contributed by atoms with Crippen molar-refractivity contribution in [2.45, 2.75) is 6.92 Å². The van der Waals surface area contributed by atoms with Crippen LogP contribution in [0.4, 0.5) is 0 Å². The Balaban J connectivity index is 1.55. The first-order valence-electron chi connectivity index (χ1n) is 9.80. The maximum atomic E-state index is 13.0. The molecule has 3 aromatic rings. The van der Waals surface area contributed by atoms with Crippen molar-refractivity contribution in [3.63, 3.8) is 0 Å². The lowest BCUT2D eigenvalue weighted by Crippen LogP contribution is -2.38. The van der Waals surface area contributed by atoms with E-state index in [1.54, 1.807) is 13.2 Å². The van der Waals surface area contributed by atoms with Gasteiger partial charge in [-0.1, -0.05) is 12.1 Å². The van der Waals surface area contributed by atoms with Gasteiger partial charge >= 0.3 is 0 Å². The van der Waals surface area contributed by atoms with Crippen LogP contribution in [0, 0.1) is 6.92 Å². The number of nitrogens with zero attached hydrogens (tertiary/aromatic N) is 1. The highest BCUT2D eigenvalue weighted by atomic mass is 16.5. The van der Waals surface area contributed by atoms with E-state index in [1.807, 2.05) is 37.3 Å². The zero-order chi connectivity index (χ0) is 20.2. The molecular weight excluding hydrogens is 370 g/mol.